The summed E-state index contributed by atoms with van der Waals surface area (Å²) in [6, 6.07) is 21.2. The van der Waals surface area contributed by atoms with Crippen LogP contribution in [-0.4, -0.2) is 31.2 Å². The molecule has 2 aliphatic rings. The molecule has 0 aromatic heterocycles. The molecule has 2 aliphatic heterocycles. The summed E-state index contributed by atoms with van der Waals surface area (Å²) in [5.74, 6) is -0.480. The molecule has 1 fully saturated rings. The van der Waals surface area contributed by atoms with Crippen molar-refractivity contribution in [1.29, 1.82) is 0 Å². The van der Waals surface area contributed by atoms with Crippen LogP contribution in [0.1, 0.15) is 44.7 Å². The molecular formula is C27H25NO4S. The Morgan fingerprint density at radius 2 is 1.97 bits per heavy atom. The van der Waals surface area contributed by atoms with Crippen LogP contribution in [0.15, 0.2) is 76.5 Å². The molecular weight excluding hydrogens is 434 g/mol. The van der Waals surface area contributed by atoms with Gasteiger partial charge in [0, 0.05) is 16.4 Å². The molecule has 1 atom stereocenters. The van der Waals surface area contributed by atoms with Crippen LogP contribution in [0, 0.1) is 6.92 Å². The van der Waals surface area contributed by atoms with Crippen LogP contribution in [-0.2, 0) is 16.0 Å². The molecule has 3 aromatic rings. The van der Waals surface area contributed by atoms with E-state index < -0.39 is 5.97 Å². The number of hydrogen-bond donors (Lipinski definition) is 0. The van der Waals surface area contributed by atoms with E-state index in [1.54, 1.807) is 28.8 Å². The number of carbonyl (C=O) groups excluding carboxylic acids is 2. The van der Waals surface area contributed by atoms with Crippen LogP contribution >= 0.6 is 11.8 Å². The topological polar surface area (TPSA) is 55.8 Å². The number of ether oxygens (including phenoxy) is 2. The zero-order valence-corrected chi connectivity index (χ0v) is 19.3. The highest BCUT2D eigenvalue weighted by atomic mass is 32.2. The van der Waals surface area contributed by atoms with Gasteiger partial charge in [0.25, 0.3) is 5.91 Å². The second-order valence-electron chi connectivity index (χ2n) is 8.39. The van der Waals surface area contributed by atoms with Gasteiger partial charge in [-0.15, -0.1) is 0 Å². The van der Waals surface area contributed by atoms with Crippen molar-refractivity contribution in [1.82, 2.24) is 0 Å². The summed E-state index contributed by atoms with van der Waals surface area (Å²) in [6.45, 7) is 3.42. The van der Waals surface area contributed by atoms with Gasteiger partial charge in [0.1, 0.15) is 6.61 Å². The maximum atomic E-state index is 13.6. The highest BCUT2D eigenvalue weighted by Gasteiger charge is 2.28. The summed E-state index contributed by atoms with van der Waals surface area (Å²) in [5, 5.41) is 0. The molecule has 1 saturated heterocycles. The maximum Gasteiger partial charge on any atom is 0.338 e. The lowest BCUT2D eigenvalue weighted by Gasteiger charge is -2.24. The van der Waals surface area contributed by atoms with Crippen molar-refractivity contribution in [3.63, 3.8) is 0 Å². The van der Waals surface area contributed by atoms with E-state index in [2.05, 4.69) is 6.07 Å². The normalized spacial score (nSPS) is 17.3. The number of carbonyl (C=O) groups is 2. The number of aryl methyl sites for hydroxylation is 1. The van der Waals surface area contributed by atoms with Gasteiger partial charge in [-0.1, -0.05) is 53.7 Å². The van der Waals surface area contributed by atoms with Gasteiger partial charge >= 0.3 is 5.97 Å². The van der Waals surface area contributed by atoms with Crippen LogP contribution in [0.4, 0.5) is 5.69 Å². The predicted octanol–water partition coefficient (Wildman–Crippen LogP) is 5.64. The van der Waals surface area contributed by atoms with E-state index in [0.29, 0.717) is 23.4 Å². The van der Waals surface area contributed by atoms with Crippen molar-refractivity contribution in [2.45, 2.75) is 42.2 Å². The Hall–Kier alpha value is -3.09. The number of hydrogen-bond acceptors (Lipinski definition) is 5. The number of esters is 1. The van der Waals surface area contributed by atoms with Gasteiger partial charge in [-0.3, -0.25) is 4.79 Å². The van der Waals surface area contributed by atoms with Crippen molar-refractivity contribution in [2.24, 2.45) is 0 Å². The lowest BCUT2D eigenvalue weighted by atomic mass is 10.1. The third kappa shape index (κ3) is 4.68. The molecule has 0 bridgehead atoms. The van der Waals surface area contributed by atoms with Gasteiger partial charge in [-0.05, 0) is 55.7 Å². The summed E-state index contributed by atoms with van der Waals surface area (Å²) < 4.78 is 11.1. The zero-order chi connectivity index (χ0) is 22.8. The van der Waals surface area contributed by atoms with Crippen molar-refractivity contribution in [3.8, 4) is 0 Å². The Morgan fingerprint density at radius 3 is 2.79 bits per heavy atom. The van der Waals surface area contributed by atoms with Gasteiger partial charge in [0.2, 0.25) is 0 Å². The van der Waals surface area contributed by atoms with E-state index in [4.69, 9.17) is 9.47 Å². The van der Waals surface area contributed by atoms with Gasteiger partial charge in [-0.25, -0.2) is 4.79 Å². The second-order valence-corrected chi connectivity index (χ2v) is 9.48. The van der Waals surface area contributed by atoms with Crippen LogP contribution in [0.25, 0.3) is 0 Å². The van der Waals surface area contributed by atoms with Crippen molar-refractivity contribution >= 4 is 29.3 Å². The predicted molar refractivity (Wildman–Crippen MR) is 128 cm³/mol. The van der Waals surface area contributed by atoms with Crippen LogP contribution < -0.4 is 4.90 Å². The molecule has 0 N–H and O–H groups in total. The van der Waals surface area contributed by atoms with E-state index in [0.717, 1.165) is 40.4 Å². The molecule has 1 amide bonds. The Kier molecular flexibility index (Phi) is 6.20. The monoisotopic (exact) mass is 459 g/mol. The maximum absolute atomic E-state index is 13.6. The Balaban J connectivity index is 1.49. The Labute approximate surface area is 197 Å². The molecule has 0 radical (unpaired) electrons. The molecule has 1 unspecified atom stereocenters. The van der Waals surface area contributed by atoms with Gasteiger partial charge in [-0.2, -0.15) is 0 Å². The lowest BCUT2D eigenvalue weighted by Crippen LogP contribution is -2.30. The highest BCUT2D eigenvalue weighted by Crippen LogP contribution is 2.42. The molecule has 0 spiro atoms. The zero-order valence-electron chi connectivity index (χ0n) is 18.5. The van der Waals surface area contributed by atoms with E-state index in [1.165, 1.54) is 0 Å². The van der Waals surface area contributed by atoms with Gasteiger partial charge in [0.15, 0.2) is 0 Å². The highest BCUT2D eigenvalue weighted by molar-refractivity contribution is 7.99. The molecule has 33 heavy (non-hydrogen) atoms. The Morgan fingerprint density at radius 1 is 1.09 bits per heavy atom. The standard InChI is InChI=1S/C27H25NO4S/c1-18-6-4-7-19(14-18)16-28-23-15-20(27(30)32-17-21-8-5-13-31-21)11-12-25(23)33-24-10-3-2-9-22(24)26(28)29/h2-4,6-7,9-12,14-15,21H,5,8,13,16-17H2,1H3. The molecule has 5 rings (SSSR count). The number of amides is 1. The van der Waals surface area contributed by atoms with E-state index >= 15 is 0 Å². The summed E-state index contributed by atoms with van der Waals surface area (Å²) >= 11 is 1.54. The fourth-order valence-corrected chi connectivity index (χ4v) is 5.28. The largest absolute Gasteiger partial charge is 0.459 e. The van der Waals surface area contributed by atoms with Gasteiger partial charge in [0.05, 0.1) is 29.5 Å². The first-order valence-electron chi connectivity index (χ1n) is 11.2. The summed E-state index contributed by atoms with van der Waals surface area (Å²) in [7, 11) is 0. The number of fused-ring (bicyclic) bond motifs is 2. The minimum atomic E-state index is -0.400. The van der Waals surface area contributed by atoms with E-state index in [-0.39, 0.29) is 18.6 Å². The third-order valence-electron chi connectivity index (χ3n) is 5.92. The number of rotatable bonds is 5. The first-order valence-corrected chi connectivity index (χ1v) is 12.0. The number of anilines is 1. The first kappa shape index (κ1) is 21.7. The molecule has 168 valence electrons. The molecule has 0 saturated carbocycles. The van der Waals surface area contributed by atoms with E-state index in [1.807, 2.05) is 55.5 Å². The molecule has 5 nitrogen and oxygen atoms in total. The SMILES string of the molecule is Cc1cccc(CN2C(=O)c3ccccc3Sc3ccc(C(=O)OCC4CCCO4)cc32)c1. The Bertz CT molecular complexity index is 1200. The average Bonchev–Trinajstić information content (AvgIpc) is 3.31. The minimum Gasteiger partial charge on any atom is -0.459 e. The average molecular weight is 460 g/mol. The van der Waals surface area contributed by atoms with Crippen molar-refractivity contribution in [2.75, 3.05) is 18.1 Å². The smallest absolute Gasteiger partial charge is 0.338 e. The number of nitrogens with zero attached hydrogens (tertiary/aromatic N) is 1. The fourth-order valence-electron chi connectivity index (χ4n) is 4.22. The van der Waals surface area contributed by atoms with Crippen molar-refractivity contribution < 1.29 is 19.1 Å². The molecule has 3 aromatic carbocycles. The van der Waals surface area contributed by atoms with Crippen LogP contribution in [0.5, 0.6) is 0 Å². The number of benzene rings is 3. The second kappa shape index (κ2) is 9.41. The minimum absolute atomic E-state index is 0.0285. The molecule has 2 heterocycles. The molecule has 0 aliphatic carbocycles. The summed E-state index contributed by atoms with van der Waals surface area (Å²) in [4.78, 5) is 30.0. The van der Waals surface area contributed by atoms with E-state index in [9.17, 15) is 9.59 Å². The van der Waals surface area contributed by atoms with Crippen LogP contribution in [0.2, 0.25) is 0 Å². The fraction of sp³-hybridized carbons (Fsp3) is 0.259. The van der Waals surface area contributed by atoms with Crippen LogP contribution in [0.3, 0.4) is 0 Å². The summed E-state index contributed by atoms with van der Waals surface area (Å²) in [5.41, 5.74) is 3.98. The quantitative estimate of drug-likeness (QED) is 0.462. The molecule has 6 heteroatoms. The summed E-state index contributed by atoms with van der Waals surface area (Å²) in [6.07, 6.45) is 1.87. The van der Waals surface area contributed by atoms with Crippen molar-refractivity contribution in [3.05, 3.63) is 89.0 Å². The third-order valence-corrected chi connectivity index (χ3v) is 7.06. The van der Waals surface area contributed by atoms with Gasteiger partial charge < -0.3 is 14.4 Å². The lowest BCUT2D eigenvalue weighted by molar-refractivity contribution is 0.0161. The first-order chi connectivity index (χ1) is 16.1.